The van der Waals surface area contributed by atoms with Crippen molar-refractivity contribution >= 4 is 34.9 Å². The number of hydrogen-bond donors (Lipinski definition) is 4. The molecule has 3 rings (SSSR count). The molecule has 2 aromatic heterocycles. The average Bonchev–Trinajstić information content (AvgIpc) is 3.15. The van der Waals surface area contributed by atoms with E-state index in [4.69, 9.17) is 0 Å². The molecule has 0 bridgehead atoms. The van der Waals surface area contributed by atoms with Crippen molar-refractivity contribution in [2.24, 2.45) is 5.92 Å². The van der Waals surface area contributed by atoms with E-state index >= 15 is 0 Å². The molecule has 164 valence electrons. The van der Waals surface area contributed by atoms with Crippen LogP contribution in [0.5, 0.6) is 0 Å². The summed E-state index contributed by atoms with van der Waals surface area (Å²) in [6.07, 6.45) is 1.15. The number of halogens is 3. The molecule has 1 atom stereocenters. The molecule has 3 aromatic rings. The lowest BCUT2D eigenvalue weighted by molar-refractivity contribution is -0.374. The number of imidazole rings is 1. The van der Waals surface area contributed by atoms with Crippen molar-refractivity contribution in [1.82, 2.24) is 14.7 Å². The van der Waals surface area contributed by atoms with Crippen LogP contribution in [0.25, 0.3) is 21.8 Å². The first-order chi connectivity index (χ1) is 14.7. The van der Waals surface area contributed by atoms with Crippen LogP contribution in [-0.4, -0.2) is 34.7 Å². The molecular weight excluding hydrogens is 427 g/mol. The summed E-state index contributed by atoms with van der Waals surface area (Å²) in [7, 11) is 0. The second-order valence-electron chi connectivity index (χ2n) is 7.11. The zero-order valence-electron chi connectivity index (χ0n) is 16.8. The van der Waals surface area contributed by atoms with E-state index in [2.05, 4.69) is 35.6 Å². The molecule has 10 heteroatoms. The Bertz CT molecular complexity index is 1110. The minimum atomic E-state index is -4.47. The third-order valence-electron chi connectivity index (χ3n) is 4.57. The maximum Gasteiger partial charge on any atom is 0.405 e. The van der Waals surface area contributed by atoms with Crippen LogP contribution in [0.3, 0.4) is 0 Å². The van der Waals surface area contributed by atoms with E-state index in [1.807, 2.05) is 34.9 Å². The zero-order chi connectivity index (χ0) is 22.6. The molecular formula is C21H23F3N5OS+. The largest absolute Gasteiger partial charge is 0.405 e. The Balaban J connectivity index is 1.82. The van der Waals surface area contributed by atoms with Gasteiger partial charge < -0.3 is 16.4 Å². The fraction of sp³-hybridized carbons (Fsp3) is 0.238. The number of nitrogens with one attached hydrogen (secondary N) is 2. The Kier molecular flexibility index (Phi) is 6.91. The second kappa shape index (κ2) is 9.44. The number of anilines is 1. The minimum Gasteiger partial charge on any atom is -0.357 e. The quantitative estimate of drug-likeness (QED) is 0.430. The Morgan fingerprint density at radius 1 is 1.32 bits per heavy atom. The molecule has 0 saturated heterocycles. The third-order valence-corrected chi connectivity index (χ3v) is 4.98. The van der Waals surface area contributed by atoms with Gasteiger partial charge in [0.15, 0.2) is 0 Å². The first kappa shape index (κ1) is 22.7. The van der Waals surface area contributed by atoms with Crippen molar-refractivity contribution < 1.29 is 23.7 Å². The number of benzene rings is 1. The van der Waals surface area contributed by atoms with Crippen LogP contribution >= 0.6 is 12.6 Å². The van der Waals surface area contributed by atoms with Gasteiger partial charge in [-0.05, 0) is 29.8 Å². The van der Waals surface area contributed by atoms with E-state index in [1.54, 1.807) is 29.7 Å². The van der Waals surface area contributed by atoms with Crippen molar-refractivity contribution in [3.63, 3.8) is 0 Å². The molecule has 2 amide bonds. The maximum atomic E-state index is 12.2. The monoisotopic (exact) mass is 450 g/mol. The predicted molar refractivity (Wildman–Crippen MR) is 118 cm³/mol. The van der Waals surface area contributed by atoms with Gasteiger partial charge >= 0.3 is 12.2 Å². The molecule has 0 aliphatic carbocycles. The van der Waals surface area contributed by atoms with Gasteiger partial charge in [-0.2, -0.15) is 13.2 Å². The Morgan fingerprint density at radius 3 is 2.81 bits per heavy atom. The van der Waals surface area contributed by atoms with E-state index in [9.17, 15) is 18.0 Å². The SMILES string of the molecule is CC(/C=C(\S)c1ccn2c(-c3cccc(NC(=O)NCC(F)(F)F)c3)cnc2c1)C[NH3+]. The normalized spacial score (nSPS) is 13.3. The van der Waals surface area contributed by atoms with Crippen LogP contribution in [0.1, 0.15) is 12.5 Å². The number of carbonyl (C=O) groups excluding carboxylic acids is 1. The standard InChI is InChI=1S/C21H22F3N5OS/c1-13(10-25)7-18(31)15-5-6-29-17(11-26-19(29)9-15)14-3-2-4-16(8-14)28-20(30)27-12-21(22,23)24/h2-9,11,13,31H,10,12,25H2,1H3,(H2,27,28,30)/p+1/b18-7-. The number of hydrogen-bond acceptors (Lipinski definition) is 3. The van der Waals surface area contributed by atoms with E-state index in [1.165, 1.54) is 0 Å². The second-order valence-corrected chi connectivity index (χ2v) is 7.59. The molecule has 31 heavy (non-hydrogen) atoms. The smallest absolute Gasteiger partial charge is 0.357 e. The highest BCUT2D eigenvalue weighted by atomic mass is 32.1. The van der Waals surface area contributed by atoms with Crippen molar-refractivity contribution in [3.05, 3.63) is 60.4 Å². The van der Waals surface area contributed by atoms with Gasteiger partial charge in [0.2, 0.25) is 0 Å². The molecule has 0 spiro atoms. The molecule has 0 fully saturated rings. The van der Waals surface area contributed by atoms with E-state index in [-0.39, 0.29) is 0 Å². The summed E-state index contributed by atoms with van der Waals surface area (Å²) in [6, 6.07) is 9.73. The van der Waals surface area contributed by atoms with Crippen molar-refractivity contribution in [2.75, 3.05) is 18.4 Å². The number of thiol groups is 1. The van der Waals surface area contributed by atoms with Gasteiger partial charge in [-0.25, -0.2) is 9.78 Å². The number of rotatable bonds is 6. The number of quaternary nitrogens is 1. The lowest BCUT2D eigenvalue weighted by atomic mass is 10.1. The first-order valence-electron chi connectivity index (χ1n) is 9.56. The fourth-order valence-corrected chi connectivity index (χ4v) is 3.31. The summed E-state index contributed by atoms with van der Waals surface area (Å²) in [6.45, 7) is 1.45. The van der Waals surface area contributed by atoms with Crippen LogP contribution in [0.15, 0.2) is 54.9 Å². The van der Waals surface area contributed by atoms with E-state index < -0.39 is 18.8 Å². The van der Waals surface area contributed by atoms with Gasteiger partial charge in [-0.1, -0.05) is 25.1 Å². The Morgan fingerprint density at radius 2 is 2.10 bits per heavy atom. The summed E-state index contributed by atoms with van der Waals surface area (Å²) in [5, 5.41) is 4.19. The lowest BCUT2D eigenvalue weighted by Crippen LogP contribution is -2.52. The van der Waals surface area contributed by atoms with Crippen LogP contribution in [0.2, 0.25) is 0 Å². The summed E-state index contributed by atoms with van der Waals surface area (Å²) in [5.41, 5.74) is 7.44. The van der Waals surface area contributed by atoms with Gasteiger partial charge in [0, 0.05) is 28.3 Å². The number of carbonyl (C=O) groups is 1. The highest BCUT2D eigenvalue weighted by Crippen LogP contribution is 2.27. The highest BCUT2D eigenvalue weighted by molar-refractivity contribution is 7.90. The number of fused-ring (bicyclic) bond motifs is 1. The molecule has 1 unspecified atom stereocenters. The molecule has 0 aliphatic heterocycles. The Labute approximate surface area is 182 Å². The highest BCUT2D eigenvalue weighted by Gasteiger charge is 2.27. The summed E-state index contributed by atoms with van der Waals surface area (Å²) in [4.78, 5) is 17.0. The summed E-state index contributed by atoms with van der Waals surface area (Å²) in [5.74, 6) is 0.308. The van der Waals surface area contributed by atoms with E-state index in [0.29, 0.717) is 11.6 Å². The summed E-state index contributed by atoms with van der Waals surface area (Å²) < 4.78 is 38.6. The molecule has 1 aromatic carbocycles. The first-order valence-corrected chi connectivity index (χ1v) is 10.0. The number of alkyl halides is 3. The van der Waals surface area contributed by atoms with Crippen molar-refractivity contribution in [2.45, 2.75) is 13.1 Å². The van der Waals surface area contributed by atoms with Crippen LogP contribution in [0.4, 0.5) is 23.7 Å². The molecule has 0 radical (unpaired) electrons. The van der Waals surface area contributed by atoms with Gasteiger partial charge in [0.05, 0.1) is 18.4 Å². The zero-order valence-corrected chi connectivity index (χ0v) is 17.7. The van der Waals surface area contributed by atoms with Crippen LogP contribution in [-0.2, 0) is 0 Å². The average molecular weight is 451 g/mol. The number of nitrogens with zero attached hydrogens (tertiary/aromatic N) is 2. The molecule has 6 nitrogen and oxygen atoms in total. The fourth-order valence-electron chi connectivity index (χ4n) is 2.91. The van der Waals surface area contributed by atoms with Crippen LogP contribution < -0.4 is 16.4 Å². The molecule has 5 N–H and O–H groups in total. The molecule has 2 heterocycles. The minimum absolute atomic E-state index is 0.308. The number of amides is 2. The molecule has 0 aliphatic rings. The van der Waals surface area contributed by atoms with Crippen LogP contribution in [0, 0.1) is 5.92 Å². The lowest BCUT2D eigenvalue weighted by Gasteiger charge is -2.11. The van der Waals surface area contributed by atoms with E-state index in [0.717, 1.165) is 33.9 Å². The topological polar surface area (TPSA) is 86.1 Å². The predicted octanol–water partition coefficient (Wildman–Crippen LogP) is 3.83. The number of urea groups is 1. The van der Waals surface area contributed by atoms with Gasteiger partial charge in [-0.3, -0.25) is 4.40 Å². The van der Waals surface area contributed by atoms with Gasteiger partial charge in [0.25, 0.3) is 0 Å². The number of pyridine rings is 1. The van der Waals surface area contributed by atoms with Crippen molar-refractivity contribution in [1.29, 1.82) is 0 Å². The third kappa shape index (κ3) is 6.02. The number of aromatic nitrogens is 2. The maximum absolute atomic E-state index is 12.2. The van der Waals surface area contributed by atoms with Gasteiger partial charge in [0.1, 0.15) is 12.2 Å². The summed E-state index contributed by atoms with van der Waals surface area (Å²) >= 11 is 4.58. The van der Waals surface area contributed by atoms with Crippen molar-refractivity contribution in [3.8, 4) is 11.3 Å². The van der Waals surface area contributed by atoms with Gasteiger partial charge in [-0.15, -0.1) is 12.6 Å². The molecule has 0 saturated carbocycles. The Hall–Kier alpha value is -2.98.